The van der Waals surface area contributed by atoms with Crippen molar-refractivity contribution in [3.63, 3.8) is 0 Å². The topological polar surface area (TPSA) is 75.5 Å². The second-order valence-electron chi connectivity index (χ2n) is 4.81. The highest BCUT2D eigenvalue weighted by Crippen LogP contribution is 2.33. The quantitative estimate of drug-likeness (QED) is 0.640. The van der Waals surface area contributed by atoms with Gasteiger partial charge < -0.3 is 10.2 Å². The van der Waals surface area contributed by atoms with E-state index >= 15 is 0 Å². The third kappa shape index (κ3) is 2.74. The zero-order valence-corrected chi connectivity index (χ0v) is 11.8. The van der Waals surface area contributed by atoms with Crippen molar-refractivity contribution in [2.24, 2.45) is 0 Å². The first-order valence-corrected chi connectivity index (χ1v) is 6.92. The molecule has 0 unspecified atom stereocenters. The molecule has 20 heavy (non-hydrogen) atoms. The van der Waals surface area contributed by atoms with Crippen molar-refractivity contribution in [2.45, 2.75) is 32.7 Å². The molecule has 1 fully saturated rings. The number of nitrogens with zero attached hydrogens (tertiary/aromatic N) is 2. The highest BCUT2D eigenvalue weighted by molar-refractivity contribution is 6.02. The molecule has 0 saturated heterocycles. The van der Waals surface area contributed by atoms with Gasteiger partial charge in [0.15, 0.2) is 0 Å². The van der Waals surface area contributed by atoms with Crippen LogP contribution in [0.4, 0.5) is 11.4 Å². The molecule has 1 aliphatic carbocycles. The number of hydrogen-bond acceptors (Lipinski definition) is 4. The molecule has 1 N–H and O–H groups in total. The smallest absolute Gasteiger partial charge is 0.293 e. The first-order valence-electron chi connectivity index (χ1n) is 6.92. The molecule has 0 aliphatic heterocycles. The Morgan fingerprint density at radius 1 is 1.45 bits per heavy atom. The maximum atomic E-state index is 12.6. The van der Waals surface area contributed by atoms with Crippen molar-refractivity contribution in [3.8, 4) is 0 Å². The van der Waals surface area contributed by atoms with Crippen molar-refractivity contribution in [2.75, 3.05) is 18.4 Å². The second kappa shape index (κ2) is 5.90. The first-order chi connectivity index (χ1) is 9.60. The number of carbonyl (C=O) groups is 1. The lowest BCUT2D eigenvalue weighted by atomic mass is 10.1. The lowest BCUT2D eigenvalue weighted by Crippen LogP contribution is -2.33. The van der Waals surface area contributed by atoms with Crippen molar-refractivity contribution < 1.29 is 9.72 Å². The second-order valence-corrected chi connectivity index (χ2v) is 4.81. The number of nitro benzene ring substituents is 1. The minimum Gasteiger partial charge on any atom is -0.379 e. The van der Waals surface area contributed by atoms with E-state index in [1.807, 2.05) is 13.8 Å². The molecular formula is C14H19N3O3. The van der Waals surface area contributed by atoms with Crippen LogP contribution in [0, 0.1) is 10.1 Å². The fraction of sp³-hybridized carbons (Fsp3) is 0.500. The molecule has 6 nitrogen and oxygen atoms in total. The van der Waals surface area contributed by atoms with Crippen molar-refractivity contribution in [3.05, 3.63) is 33.9 Å². The van der Waals surface area contributed by atoms with Gasteiger partial charge in [0.05, 0.1) is 10.5 Å². The lowest BCUT2D eigenvalue weighted by molar-refractivity contribution is -0.384. The van der Waals surface area contributed by atoms with Gasteiger partial charge >= 0.3 is 0 Å². The molecule has 0 radical (unpaired) electrons. The number of nitro groups is 1. The van der Waals surface area contributed by atoms with E-state index in [9.17, 15) is 14.9 Å². The summed E-state index contributed by atoms with van der Waals surface area (Å²) >= 11 is 0. The zero-order valence-electron chi connectivity index (χ0n) is 11.8. The van der Waals surface area contributed by atoms with E-state index in [1.165, 1.54) is 6.07 Å². The minimum absolute atomic E-state index is 0.0513. The maximum Gasteiger partial charge on any atom is 0.293 e. The van der Waals surface area contributed by atoms with Gasteiger partial charge in [-0.05, 0) is 32.8 Å². The molecule has 0 heterocycles. The fourth-order valence-corrected chi connectivity index (χ4v) is 2.34. The van der Waals surface area contributed by atoms with Crippen LogP contribution in [0.2, 0.25) is 0 Å². The fourth-order valence-electron chi connectivity index (χ4n) is 2.34. The van der Waals surface area contributed by atoms with E-state index < -0.39 is 4.92 Å². The van der Waals surface area contributed by atoms with Gasteiger partial charge in [0, 0.05) is 25.2 Å². The summed E-state index contributed by atoms with van der Waals surface area (Å²) in [6.45, 7) is 4.93. The molecular weight excluding hydrogens is 258 g/mol. The average Bonchev–Trinajstić information content (AvgIpc) is 3.24. The predicted octanol–water partition coefficient (Wildman–Crippen LogP) is 2.65. The van der Waals surface area contributed by atoms with Crippen molar-refractivity contribution in [1.29, 1.82) is 0 Å². The van der Waals surface area contributed by atoms with Crippen LogP contribution in [-0.2, 0) is 0 Å². The number of anilines is 1. The Hall–Kier alpha value is -2.11. The zero-order chi connectivity index (χ0) is 14.7. The molecule has 0 spiro atoms. The minimum atomic E-state index is -0.456. The van der Waals surface area contributed by atoms with Gasteiger partial charge in [0.25, 0.3) is 11.6 Å². The van der Waals surface area contributed by atoms with Crippen LogP contribution >= 0.6 is 0 Å². The molecule has 1 aromatic carbocycles. The van der Waals surface area contributed by atoms with E-state index in [0.717, 1.165) is 12.8 Å². The van der Waals surface area contributed by atoms with Crippen LogP contribution in [0.5, 0.6) is 0 Å². The predicted molar refractivity (Wildman–Crippen MR) is 77.0 cm³/mol. The summed E-state index contributed by atoms with van der Waals surface area (Å²) in [6.07, 6.45) is 2.04. The Morgan fingerprint density at radius 2 is 2.15 bits per heavy atom. The van der Waals surface area contributed by atoms with E-state index in [1.54, 1.807) is 17.0 Å². The molecule has 0 atom stereocenters. The van der Waals surface area contributed by atoms with Crippen LogP contribution < -0.4 is 5.32 Å². The van der Waals surface area contributed by atoms with Crippen LogP contribution in [0.1, 0.15) is 37.0 Å². The highest BCUT2D eigenvalue weighted by Gasteiger charge is 2.33. The Morgan fingerprint density at radius 3 is 2.65 bits per heavy atom. The molecule has 1 aliphatic rings. The number of nitrogens with one attached hydrogen (secondary N) is 1. The lowest BCUT2D eigenvalue weighted by Gasteiger charge is -2.22. The Labute approximate surface area is 117 Å². The van der Waals surface area contributed by atoms with Crippen LogP contribution in [0.25, 0.3) is 0 Å². The number of carbonyl (C=O) groups excluding carboxylic acids is 1. The summed E-state index contributed by atoms with van der Waals surface area (Å²) in [7, 11) is 0. The summed E-state index contributed by atoms with van der Waals surface area (Å²) in [5.74, 6) is -0.130. The molecule has 1 amide bonds. The van der Waals surface area contributed by atoms with Gasteiger partial charge in [-0.2, -0.15) is 0 Å². The number of amides is 1. The molecule has 1 aromatic rings. The van der Waals surface area contributed by atoms with Crippen LogP contribution in [0.3, 0.4) is 0 Å². The van der Waals surface area contributed by atoms with Crippen LogP contribution in [0.15, 0.2) is 18.2 Å². The van der Waals surface area contributed by atoms with E-state index in [0.29, 0.717) is 30.4 Å². The van der Waals surface area contributed by atoms with Gasteiger partial charge in [-0.25, -0.2) is 0 Å². The number of para-hydroxylation sites is 1. The van der Waals surface area contributed by atoms with E-state index in [2.05, 4.69) is 5.32 Å². The van der Waals surface area contributed by atoms with Gasteiger partial charge in [-0.1, -0.05) is 6.07 Å². The SMILES string of the molecule is CCNc1c(C(=O)N(CC)C2CC2)cccc1[N+](=O)[O-]. The molecule has 108 valence electrons. The summed E-state index contributed by atoms with van der Waals surface area (Å²) in [6, 6.07) is 4.93. The summed E-state index contributed by atoms with van der Waals surface area (Å²) in [5.41, 5.74) is 0.656. The largest absolute Gasteiger partial charge is 0.379 e. The Bertz CT molecular complexity index is 526. The normalized spacial score (nSPS) is 13.9. The van der Waals surface area contributed by atoms with E-state index in [4.69, 9.17) is 0 Å². The maximum absolute atomic E-state index is 12.6. The van der Waals surface area contributed by atoms with Gasteiger partial charge in [-0.3, -0.25) is 14.9 Å². The summed E-state index contributed by atoms with van der Waals surface area (Å²) < 4.78 is 0. The molecule has 1 saturated carbocycles. The summed E-state index contributed by atoms with van der Waals surface area (Å²) in [4.78, 5) is 25.0. The van der Waals surface area contributed by atoms with Gasteiger partial charge in [0.1, 0.15) is 5.69 Å². The molecule has 0 aromatic heterocycles. The van der Waals surface area contributed by atoms with Crippen molar-refractivity contribution in [1.82, 2.24) is 4.90 Å². The summed E-state index contributed by atoms with van der Waals surface area (Å²) in [5, 5.41) is 14.1. The van der Waals surface area contributed by atoms with Crippen molar-refractivity contribution >= 4 is 17.3 Å². The number of benzene rings is 1. The highest BCUT2D eigenvalue weighted by atomic mass is 16.6. The van der Waals surface area contributed by atoms with Gasteiger partial charge in [-0.15, -0.1) is 0 Å². The molecule has 0 bridgehead atoms. The first kappa shape index (κ1) is 14.3. The number of rotatable bonds is 6. The average molecular weight is 277 g/mol. The van der Waals surface area contributed by atoms with E-state index in [-0.39, 0.29) is 11.6 Å². The third-order valence-electron chi connectivity index (χ3n) is 3.41. The molecule has 6 heteroatoms. The third-order valence-corrected chi connectivity index (χ3v) is 3.41. The molecule has 2 rings (SSSR count). The standard InChI is InChI=1S/C14H19N3O3/c1-3-15-13-11(6-5-7-12(13)17(19)20)14(18)16(4-2)10-8-9-10/h5-7,10,15H,3-4,8-9H2,1-2H3. The Kier molecular flexibility index (Phi) is 4.22. The Balaban J connectivity index is 2.41. The number of hydrogen-bond donors (Lipinski definition) is 1. The van der Waals surface area contributed by atoms with Gasteiger partial charge in [0.2, 0.25) is 0 Å². The monoisotopic (exact) mass is 277 g/mol. The van der Waals surface area contributed by atoms with Crippen LogP contribution in [-0.4, -0.2) is 34.9 Å².